The van der Waals surface area contributed by atoms with E-state index in [1.54, 1.807) is 11.8 Å². The van der Waals surface area contributed by atoms with Crippen LogP contribution < -0.4 is 0 Å². The van der Waals surface area contributed by atoms with Crippen molar-refractivity contribution in [3.05, 3.63) is 20.9 Å². The average molecular weight is 198 g/mol. The third-order valence-electron chi connectivity index (χ3n) is 2.19. The van der Waals surface area contributed by atoms with Crippen molar-refractivity contribution in [2.75, 3.05) is 6.26 Å². The first kappa shape index (κ1) is 10.1. The van der Waals surface area contributed by atoms with Gasteiger partial charge in [-0.05, 0) is 30.2 Å². The van der Waals surface area contributed by atoms with E-state index in [1.165, 1.54) is 0 Å². The molecule has 0 aromatic rings. The minimum Gasteiger partial charge on any atom is -0.161 e. The van der Waals surface area contributed by atoms with Crippen LogP contribution in [0.25, 0.3) is 20.9 Å². The van der Waals surface area contributed by atoms with Crippen molar-refractivity contribution >= 4 is 11.8 Å². The smallest absolute Gasteiger partial charge is 0.0496 e. The highest BCUT2D eigenvalue weighted by molar-refractivity contribution is 7.99. The molecule has 1 aliphatic rings. The van der Waals surface area contributed by atoms with Gasteiger partial charge in [0.25, 0.3) is 0 Å². The number of azide groups is 2. The Morgan fingerprint density at radius 1 is 1.15 bits per heavy atom. The van der Waals surface area contributed by atoms with Crippen LogP contribution in [0.4, 0.5) is 0 Å². The van der Waals surface area contributed by atoms with Crippen molar-refractivity contribution in [3.63, 3.8) is 0 Å². The van der Waals surface area contributed by atoms with Crippen LogP contribution in [-0.4, -0.2) is 23.6 Å². The molecular weight excluding hydrogens is 188 g/mol. The van der Waals surface area contributed by atoms with Crippen LogP contribution in [0.2, 0.25) is 0 Å². The van der Waals surface area contributed by atoms with Gasteiger partial charge in [0.15, 0.2) is 0 Å². The molecule has 0 saturated heterocycles. The minimum atomic E-state index is -0.0181. The van der Waals surface area contributed by atoms with Crippen LogP contribution in [0, 0.1) is 0 Å². The highest BCUT2D eigenvalue weighted by Crippen LogP contribution is 2.33. The van der Waals surface area contributed by atoms with Gasteiger partial charge in [-0.15, -0.1) is 0 Å². The molecule has 1 rings (SSSR count). The Morgan fingerprint density at radius 2 is 1.62 bits per heavy atom. The molecule has 1 aliphatic carbocycles. The van der Waals surface area contributed by atoms with Gasteiger partial charge in [-0.3, -0.25) is 0 Å². The normalized spacial score (nSPS) is 31.9. The van der Waals surface area contributed by atoms with Crippen molar-refractivity contribution in [2.45, 2.75) is 30.2 Å². The Kier molecular flexibility index (Phi) is 3.76. The van der Waals surface area contributed by atoms with Crippen LogP contribution in [-0.2, 0) is 0 Å². The van der Waals surface area contributed by atoms with Gasteiger partial charge in [-0.25, -0.2) is 0 Å². The Bertz CT molecular complexity index is 240. The van der Waals surface area contributed by atoms with Crippen LogP contribution >= 0.6 is 11.8 Å². The molecule has 6 nitrogen and oxygen atoms in total. The third kappa shape index (κ3) is 2.21. The molecule has 0 aliphatic heterocycles. The first-order chi connectivity index (χ1) is 6.33. The van der Waals surface area contributed by atoms with E-state index < -0.39 is 0 Å². The SMILES string of the molecule is CSC1[C@H](N=[N+]=[N-])CC[C@H]1N=[N+]=[N-]. The van der Waals surface area contributed by atoms with Gasteiger partial charge in [0.1, 0.15) is 0 Å². The van der Waals surface area contributed by atoms with E-state index in [0.29, 0.717) is 0 Å². The van der Waals surface area contributed by atoms with Gasteiger partial charge in [0.2, 0.25) is 0 Å². The fraction of sp³-hybridized carbons (Fsp3) is 1.00. The van der Waals surface area contributed by atoms with Crippen molar-refractivity contribution < 1.29 is 0 Å². The standard InChI is InChI=1S/C6H10N6S/c1-13-6-4(9-11-7)2-3-5(6)10-12-8/h4-6H,2-3H2,1H3/t4-,5-/m1/s1. The summed E-state index contributed by atoms with van der Waals surface area (Å²) < 4.78 is 0. The topological polar surface area (TPSA) is 97.5 Å². The lowest BCUT2D eigenvalue weighted by Crippen LogP contribution is -2.22. The Hall–Kier alpha value is -1.03. The molecule has 0 radical (unpaired) electrons. The first-order valence-electron chi connectivity index (χ1n) is 3.94. The molecule has 0 aromatic carbocycles. The summed E-state index contributed by atoms with van der Waals surface area (Å²) in [4.78, 5) is 5.57. The van der Waals surface area contributed by atoms with Gasteiger partial charge in [0.05, 0.1) is 0 Å². The van der Waals surface area contributed by atoms with Crippen molar-refractivity contribution in [3.8, 4) is 0 Å². The second-order valence-corrected chi connectivity index (χ2v) is 3.84. The van der Waals surface area contributed by atoms with E-state index in [-0.39, 0.29) is 17.3 Å². The first-order valence-corrected chi connectivity index (χ1v) is 5.23. The number of rotatable bonds is 3. The van der Waals surface area contributed by atoms with Crippen LogP contribution in [0.1, 0.15) is 12.8 Å². The van der Waals surface area contributed by atoms with Gasteiger partial charge in [-0.2, -0.15) is 11.8 Å². The summed E-state index contributed by atoms with van der Waals surface area (Å²) in [5.41, 5.74) is 16.6. The maximum absolute atomic E-state index is 8.30. The van der Waals surface area contributed by atoms with Crippen LogP contribution in [0.5, 0.6) is 0 Å². The summed E-state index contributed by atoms with van der Waals surface area (Å²) in [6, 6.07) is -0.0361. The third-order valence-corrected chi connectivity index (χ3v) is 3.36. The van der Waals surface area contributed by atoms with Gasteiger partial charge in [0, 0.05) is 27.2 Å². The number of hydrogen-bond acceptors (Lipinski definition) is 3. The highest BCUT2D eigenvalue weighted by atomic mass is 32.2. The molecule has 0 unspecified atom stereocenters. The lowest BCUT2D eigenvalue weighted by atomic mass is 10.2. The van der Waals surface area contributed by atoms with Gasteiger partial charge in [-0.1, -0.05) is 10.2 Å². The summed E-state index contributed by atoms with van der Waals surface area (Å²) in [7, 11) is 0. The molecule has 2 atom stereocenters. The second-order valence-electron chi connectivity index (χ2n) is 2.82. The van der Waals surface area contributed by atoms with E-state index in [4.69, 9.17) is 11.1 Å². The van der Waals surface area contributed by atoms with Crippen molar-refractivity contribution in [1.82, 2.24) is 0 Å². The highest BCUT2D eigenvalue weighted by Gasteiger charge is 2.34. The maximum Gasteiger partial charge on any atom is 0.0496 e. The molecule has 7 heteroatoms. The van der Waals surface area contributed by atoms with E-state index in [0.717, 1.165) is 12.8 Å². The summed E-state index contributed by atoms with van der Waals surface area (Å²) in [6.07, 6.45) is 3.58. The van der Waals surface area contributed by atoms with Crippen LogP contribution in [0.3, 0.4) is 0 Å². The molecule has 0 N–H and O–H groups in total. The quantitative estimate of drug-likeness (QED) is 0.389. The molecule has 13 heavy (non-hydrogen) atoms. The summed E-state index contributed by atoms with van der Waals surface area (Å²) in [5, 5.41) is 7.51. The Labute approximate surface area is 79.9 Å². The average Bonchev–Trinajstić information content (AvgIpc) is 2.49. The summed E-state index contributed by atoms with van der Waals surface area (Å²) in [6.45, 7) is 0. The summed E-state index contributed by atoms with van der Waals surface area (Å²) in [5.74, 6) is 0. The number of nitrogens with zero attached hydrogens (tertiary/aromatic N) is 6. The summed E-state index contributed by atoms with van der Waals surface area (Å²) >= 11 is 1.60. The minimum absolute atomic E-state index is 0.0181. The molecular formula is C6H10N6S. The molecule has 0 aromatic heterocycles. The lowest BCUT2D eigenvalue weighted by Gasteiger charge is -2.15. The second kappa shape index (κ2) is 4.87. The van der Waals surface area contributed by atoms with Gasteiger partial charge >= 0.3 is 0 Å². The predicted octanol–water partition coefficient (Wildman–Crippen LogP) is 2.87. The molecule has 0 bridgehead atoms. The Balaban J connectivity index is 2.73. The Morgan fingerprint density at radius 3 is 1.92 bits per heavy atom. The van der Waals surface area contributed by atoms with Crippen molar-refractivity contribution in [1.29, 1.82) is 0 Å². The lowest BCUT2D eigenvalue weighted by molar-refractivity contribution is 0.679. The molecule has 0 heterocycles. The molecule has 1 fully saturated rings. The number of thioether (sulfide) groups is 1. The van der Waals surface area contributed by atoms with E-state index >= 15 is 0 Å². The number of hydrogen-bond donors (Lipinski definition) is 0. The molecule has 0 spiro atoms. The maximum atomic E-state index is 8.30. The molecule has 0 amide bonds. The zero-order valence-corrected chi connectivity index (χ0v) is 8.05. The van der Waals surface area contributed by atoms with Crippen molar-refractivity contribution in [2.24, 2.45) is 10.2 Å². The monoisotopic (exact) mass is 198 g/mol. The zero-order valence-electron chi connectivity index (χ0n) is 7.24. The fourth-order valence-corrected chi connectivity index (χ4v) is 2.63. The van der Waals surface area contributed by atoms with E-state index in [1.807, 2.05) is 6.26 Å². The van der Waals surface area contributed by atoms with Crippen LogP contribution in [0.15, 0.2) is 10.2 Å². The fourth-order valence-electron chi connectivity index (χ4n) is 1.62. The molecule has 70 valence electrons. The molecule has 1 saturated carbocycles. The van der Waals surface area contributed by atoms with E-state index in [9.17, 15) is 0 Å². The zero-order chi connectivity index (χ0) is 9.68. The van der Waals surface area contributed by atoms with E-state index in [2.05, 4.69) is 20.1 Å². The predicted molar refractivity (Wildman–Crippen MR) is 52.4 cm³/mol. The van der Waals surface area contributed by atoms with Gasteiger partial charge < -0.3 is 0 Å². The largest absolute Gasteiger partial charge is 0.161 e.